The smallest absolute Gasteiger partial charge is 0.722 e. The van der Waals surface area contributed by atoms with Crippen LogP contribution in [0, 0.1) is 94.8 Å². The molecule has 3 aromatic carbocycles. The first kappa shape index (κ1) is 50.4. The maximum absolute atomic E-state index is 8.09. The van der Waals surface area contributed by atoms with Gasteiger partial charge in [0, 0.05) is 0 Å². The molecule has 0 radical (unpaired) electrons. The zero-order valence-electron chi connectivity index (χ0n) is 42.6. The fourth-order valence-corrected chi connectivity index (χ4v) is 16.0. The molecule has 0 spiro atoms. The Bertz CT molecular complexity index is 1860. The number of nitrogens with zero attached hydrogens (tertiary/aromatic N) is 5. The largest absolute Gasteiger partial charge is 4.00 e. The van der Waals surface area contributed by atoms with Crippen LogP contribution in [0.5, 0.6) is 0 Å². The topological polar surface area (TPSA) is 77.0 Å². The fourth-order valence-electron chi connectivity index (χ4n) is 16.0. The Hall–Kier alpha value is -2.43. The quantitative estimate of drug-likeness (QED) is 0.167. The van der Waals surface area contributed by atoms with Crippen LogP contribution in [-0.2, 0) is 21.1 Å². The molecule has 352 valence electrons. The molecule has 7 heteroatoms. The van der Waals surface area contributed by atoms with Crippen LogP contribution in [0.3, 0.4) is 0 Å². The van der Waals surface area contributed by atoms with Crippen molar-refractivity contribution in [3.05, 3.63) is 109 Å². The predicted molar refractivity (Wildman–Crippen MR) is 275 cm³/mol. The van der Waals surface area contributed by atoms with E-state index in [1.54, 1.807) is 0 Å². The van der Waals surface area contributed by atoms with Gasteiger partial charge in [0.25, 0.3) is 0 Å². The summed E-state index contributed by atoms with van der Waals surface area (Å²) in [6.45, 7) is 23.8. The van der Waals surface area contributed by atoms with Crippen LogP contribution < -0.4 is 0 Å². The van der Waals surface area contributed by atoms with Gasteiger partial charge >= 0.3 is 21.1 Å². The van der Waals surface area contributed by atoms with E-state index < -0.39 is 8.24 Å². The zero-order chi connectivity index (χ0) is 45.6. The third-order valence-corrected chi connectivity index (χ3v) is 17.3. The van der Waals surface area contributed by atoms with Crippen LogP contribution in [0.4, 0.5) is 17.1 Å². The molecule has 3 aromatic rings. The molecule has 2 unspecified atom stereocenters. The average Bonchev–Trinajstić information content (AvgIpc) is 3.12. The standard InChI is InChI=1S/C19H28N.2C18H24N.C3H9N2Si.Mo/c1-13-5-14(2)9-18(8-13)20-19(4)11-16-6-15(3)7-17(10-16)12-19;2*1-12-3-13(2)5-17(4-12)19-18-9-14-6-15(10-18)8-16(7-14)11-18;1-6(2,3)5-4;/h5,8-9,15-17H,6-7,10-12H2,1-4H3;2*3-5,14-16H,6-11H2,1-2H3;1-3H3;/q4*-1;+4/t15?,16-,17+,19?;;;;. The first-order valence-corrected chi connectivity index (χ1v) is 29.4. The molecule has 0 saturated heterocycles. The van der Waals surface area contributed by atoms with E-state index in [0.29, 0.717) is 11.1 Å². The summed E-state index contributed by atoms with van der Waals surface area (Å²) in [6.07, 6.45) is 24.1. The molecule has 65 heavy (non-hydrogen) atoms. The van der Waals surface area contributed by atoms with Crippen molar-refractivity contribution in [2.75, 3.05) is 0 Å². The monoisotopic (exact) mass is 978 g/mol. The number of aryl methyl sites for hydroxylation is 6. The first-order chi connectivity index (χ1) is 30.2. The second-order valence-electron chi connectivity index (χ2n) is 25.4. The molecular weight excluding hydrogens is 891 g/mol. The maximum atomic E-state index is 8.09. The fraction of sp³-hybridized carbons (Fsp3) is 0.690. The molecule has 4 atom stereocenters. The summed E-state index contributed by atoms with van der Waals surface area (Å²) < 4.78 is 3.16. The Morgan fingerprint density at radius 3 is 0.908 bits per heavy atom. The minimum atomic E-state index is -1.45. The van der Waals surface area contributed by atoms with Crippen molar-refractivity contribution < 1.29 is 21.1 Å². The second kappa shape index (κ2) is 20.3. The van der Waals surface area contributed by atoms with Gasteiger partial charge in [-0.05, 0) is 153 Å². The molecule has 0 heterocycles. The van der Waals surface area contributed by atoms with E-state index >= 15 is 0 Å². The van der Waals surface area contributed by atoms with Crippen molar-refractivity contribution >= 4 is 25.3 Å². The SMILES string of the molecule is C[Si](C)(C)N=[N-].Cc1cc(C)cc([N-]C2(C)C[C@@H]3CC(C)C[C@@H](C3)C2)c1.Cc1cc(C)cc([N-]C23CC4CC(CC(C4)C2)C3)c1.Cc1cc(C)cc([N-]C23CC4CC(CC(C4)C2)C3)c1.[Mo+4]. The van der Waals surface area contributed by atoms with Crippen LogP contribution in [0.2, 0.25) is 19.6 Å². The molecule has 10 saturated carbocycles. The summed E-state index contributed by atoms with van der Waals surface area (Å²) in [5.41, 5.74) is 20.6. The summed E-state index contributed by atoms with van der Waals surface area (Å²) in [5.74, 6) is 8.68. The number of hydrogen-bond donors (Lipinski definition) is 0. The maximum Gasteiger partial charge on any atom is 4.00 e. The Morgan fingerprint density at radius 1 is 0.431 bits per heavy atom. The number of rotatable bonds is 7. The van der Waals surface area contributed by atoms with Crippen molar-refractivity contribution in [2.24, 2.45) is 58.0 Å². The van der Waals surface area contributed by atoms with E-state index in [-0.39, 0.29) is 26.6 Å². The number of hydrogen-bond acceptors (Lipinski definition) is 1. The molecule has 0 N–H and O–H groups in total. The summed E-state index contributed by atoms with van der Waals surface area (Å²) in [5, 5.41) is 15.7. The minimum absolute atomic E-state index is 0. The van der Waals surface area contributed by atoms with Crippen molar-refractivity contribution in [3.63, 3.8) is 0 Å². The minimum Gasteiger partial charge on any atom is -0.722 e. The van der Waals surface area contributed by atoms with Crippen LogP contribution in [0.15, 0.2) is 59.4 Å². The van der Waals surface area contributed by atoms with Gasteiger partial charge in [0.2, 0.25) is 0 Å². The Balaban J connectivity index is 0.000000136. The van der Waals surface area contributed by atoms with E-state index in [4.69, 9.17) is 21.5 Å². The van der Waals surface area contributed by atoms with Gasteiger partial charge in [-0.15, -0.1) is 33.7 Å². The summed E-state index contributed by atoms with van der Waals surface area (Å²) in [6, 6.07) is 20.3. The molecular formula is C58H85MoN5Si. The Kier molecular flexibility index (Phi) is 15.7. The van der Waals surface area contributed by atoms with Gasteiger partial charge < -0.3 is 26.3 Å². The summed E-state index contributed by atoms with van der Waals surface area (Å²) in [7, 11) is -1.45. The molecule has 0 aromatic heterocycles. The van der Waals surface area contributed by atoms with Gasteiger partial charge in [0.1, 0.15) is 8.24 Å². The van der Waals surface area contributed by atoms with Gasteiger partial charge in [-0.1, -0.05) is 173 Å². The van der Waals surface area contributed by atoms with E-state index in [2.05, 4.69) is 115 Å². The molecule has 13 rings (SSSR count). The van der Waals surface area contributed by atoms with E-state index in [1.807, 2.05) is 19.6 Å². The van der Waals surface area contributed by atoms with Gasteiger partial charge in [-0.3, -0.25) is 0 Å². The van der Waals surface area contributed by atoms with Gasteiger partial charge in [-0.25, -0.2) is 0 Å². The van der Waals surface area contributed by atoms with Gasteiger partial charge in [0.15, 0.2) is 0 Å². The van der Waals surface area contributed by atoms with Crippen LogP contribution in [-0.4, -0.2) is 24.9 Å². The first-order valence-electron chi connectivity index (χ1n) is 26.0. The van der Waals surface area contributed by atoms with Crippen molar-refractivity contribution in [2.45, 2.75) is 201 Å². The Morgan fingerprint density at radius 2 is 0.662 bits per heavy atom. The molecule has 10 aliphatic rings. The van der Waals surface area contributed by atoms with E-state index in [9.17, 15) is 0 Å². The normalized spacial score (nSPS) is 35.5. The zero-order valence-corrected chi connectivity index (χ0v) is 45.6. The number of fused-ring (bicyclic) bond motifs is 2. The molecule has 5 nitrogen and oxygen atoms in total. The molecule has 0 amide bonds. The average molecular weight is 976 g/mol. The predicted octanol–water partition coefficient (Wildman–Crippen LogP) is 18.3. The second-order valence-corrected chi connectivity index (χ2v) is 29.9. The van der Waals surface area contributed by atoms with E-state index in [1.165, 1.54) is 160 Å². The summed E-state index contributed by atoms with van der Waals surface area (Å²) >= 11 is 0. The third-order valence-electron chi connectivity index (χ3n) is 16.7. The van der Waals surface area contributed by atoms with Crippen molar-refractivity contribution in [1.29, 1.82) is 0 Å². The van der Waals surface area contributed by atoms with E-state index in [0.717, 1.165) is 53.3 Å². The molecule has 0 aliphatic heterocycles. The molecule has 10 aliphatic carbocycles. The van der Waals surface area contributed by atoms with Crippen LogP contribution in [0.25, 0.3) is 21.5 Å². The Labute approximate surface area is 412 Å². The van der Waals surface area contributed by atoms with Crippen molar-refractivity contribution in [3.8, 4) is 0 Å². The van der Waals surface area contributed by atoms with Crippen LogP contribution in [0.1, 0.15) is 156 Å². The van der Waals surface area contributed by atoms with Gasteiger partial charge in [-0.2, -0.15) is 0 Å². The molecule has 10 bridgehead atoms. The summed E-state index contributed by atoms with van der Waals surface area (Å²) in [4.78, 5) is 0. The molecule has 10 fully saturated rings. The van der Waals surface area contributed by atoms with Crippen LogP contribution >= 0.6 is 0 Å². The number of benzene rings is 3. The van der Waals surface area contributed by atoms with Crippen molar-refractivity contribution in [1.82, 2.24) is 0 Å². The van der Waals surface area contributed by atoms with Gasteiger partial charge in [0.05, 0.1) is 0 Å². The third kappa shape index (κ3) is 13.4.